The van der Waals surface area contributed by atoms with Crippen LogP contribution in [0, 0.1) is 5.92 Å². The average molecular weight is 222 g/mol. The fourth-order valence-electron chi connectivity index (χ4n) is 0.838. The first-order valence-corrected chi connectivity index (χ1v) is 6.43. The minimum atomic E-state index is -3.24. The lowest BCUT2D eigenvalue weighted by molar-refractivity contribution is 0.314. The topological polar surface area (TPSA) is 72.2 Å². The van der Waals surface area contributed by atoms with Crippen LogP contribution in [0.1, 0.15) is 34.6 Å². The van der Waals surface area contributed by atoms with Crippen LogP contribution in [0.2, 0.25) is 0 Å². The molecular weight excluding hydrogens is 200 g/mol. The van der Waals surface area contributed by atoms with Crippen LogP contribution in [-0.2, 0) is 10.0 Å². The molecule has 0 heterocycles. The highest BCUT2D eigenvalue weighted by molar-refractivity contribution is 7.90. The van der Waals surface area contributed by atoms with Crippen molar-refractivity contribution in [3.05, 3.63) is 0 Å². The van der Waals surface area contributed by atoms with Gasteiger partial charge in [-0.25, -0.2) is 13.1 Å². The molecule has 1 unspecified atom stereocenters. The van der Waals surface area contributed by atoms with E-state index in [1.807, 2.05) is 20.8 Å². The molecule has 86 valence electrons. The Morgan fingerprint density at radius 3 is 1.93 bits per heavy atom. The third-order valence-electron chi connectivity index (χ3n) is 2.69. The number of rotatable bonds is 5. The fraction of sp³-hybridized carbons (Fsp3) is 1.00. The molecule has 0 amide bonds. The second-order valence-corrected chi connectivity index (χ2v) is 6.71. The van der Waals surface area contributed by atoms with E-state index >= 15 is 0 Å². The first-order chi connectivity index (χ1) is 6.15. The van der Waals surface area contributed by atoms with Gasteiger partial charge < -0.3 is 5.73 Å². The van der Waals surface area contributed by atoms with Crippen LogP contribution in [0.4, 0.5) is 0 Å². The summed E-state index contributed by atoms with van der Waals surface area (Å²) in [6, 6.07) is 0. The van der Waals surface area contributed by atoms with E-state index < -0.39 is 20.8 Å². The molecule has 0 spiro atoms. The Morgan fingerprint density at radius 2 is 1.71 bits per heavy atom. The molecule has 0 aliphatic heterocycles. The highest BCUT2D eigenvalue weighted by atomic mass is 32.2. The second-order valence-electron chi connectivity index (χ2n) is 4.47. The third kappa shape index (κ3) is 3.22. The summed E-state index contributed by atoms with van der Waals surface area (Å²) >= 11 is 0. The predicted octanol–water partition coefficient (Wildman–Crippen LogP) is 0.688. The maximum atomic E-state index is 11.6. The molecule has 0 aromatic carbocycles. The Kier molecular flexibility index (Phi) is 4.55. The van der Waals surface area contributed by atoms with Gasteiger partial charge in [-0.05, 0) is 26.7 Å². The molecule has 0 aliphatic rings. The molecular formula is C9H22N2O2S. The maximum Gasteiger partial charge on any atom is 0.214 e. The Balaban J connectivity index is 4.81. The predicted molar refractivity (Wildman–Crippen MR) is 59.5 cm³/mol. The van der Waals surface area contributed by atoms with Gasteiger partial charge in [0.1, 0.15) is 0 Å². The highest BCUT2D eigenvalue weighted by Crippen LogP contribution is 2.17. The first kappa shape index (κ1) is 13.9. The van der Waals surface area contributed by atoms with Gasteiger partial charge >= 0.3 is 0 Å². The Labute approximate surface area is 87.3 Å². The minimum Gasteiger partial charge on any atom is -0.329 e. The van der Waals surface area contributed by atoms with Crippen molar-refractivity contribution >= 4 is 10.0 Å². The Hall–Kier alpha value is -0.130. The van der Waals surface area contributed by atoms with Crippen molar-refractivity contribution in [3.8, 4) is 0 Å². The van der Waals surface area contributed by atoms with Crippen molar-refractivity contribution in [3.63, 3.8) is 0 Å². The van der Waals surface area contributed by atoms with E-state index in [0.717, 1.165) is 0 Å². The summed E-state index contributed by atoms with van der Waals surface area (Å²) in [6.07, 6.45) is 0. The lowest BCUT2D eigenvalue weighted by atomic mass is 9.90. The molecule has 1 atom stereocenters. The number of nitrogens with two attached hydrogens (primary N) is 1. The van der Waals surface area contributed by atoms with Crippen molar-refractivity contribution < 1.29 is 8.42 Å². The molecule has 0 aromatic heterocycles. The molecule has 3 N–H and O–H groups in total. The molecule has 0 fully saturated rings. The minimum absolute atomic E-state index is 0.168. The lowest BCUT2D eigenvalue weighted by Crippen LogP contribution is -2.56. The molecule has 0 aliphatic carbocycles. The van der Waals surface area contributed by atoms with E-state index in [0.29, 0.717) is 6.54 Å². The fourth-order valence-corrected chi connectivity index (χ4v) is 2.04. The molecule has 5 heteroatoms. The summed E-state index contributed by atoms with van der Waals surface area (Å²) in [4.78, 5) is 0. The van der Waals surface area contributed by atoms with E-state index in [4.69, 9.17) is 5.73 Å². The number of sulfonamides is 1. The monoisotopic (exact) mass is 222 g/mol. The quantitative estimate of drug-likeness (QED) is 0.719. The number of hydrogen-bond acceptors (Lipinski definition) is 3. The zero-order valence-electron chi connectivity index (χ0n) is 9.66. The standard InChI is InChI=1S/C9H22N2O2S/c1-7(2)9(5,6-10)11-14(12,13)8(3)4/h7-8,11H,6,10H2,1-5H3. The normalized spacial score (nSPS) is 17.4. The summed E-state index contributed by atoms with van der Waals surface area (Å²) in [5.41, 5.74) is 5.04. The number of nitrogens with one attached hydrogen (secondary N) is 1. The van der Waals surface area contributed by atoms with Crippen LogP contribution in [0.25, 0.3) is 0 Å². The zero-order chi connectivity index (χ0) is 11.6. The lowest BCUT2D eigenvalue weighted by Gasteiger charge is -2.33. The van der Waals surface area contributed by atoms with Crippen molar-refractivity contribution in [1.29, 1.82) is 0 Å². The molecule has 0 rings (SSSR count). The third-order valence-corrected chi connectivity index (χ3v) is 4.69. The van der Waals surface area contributed by atoms with Gasteiger partial charge in [0.15, 0.2) is 0 Å². The molecule has 0 aromatic rings. The van der Waals surface area contributed by atoms with Crippen molar-refractivity contribution in [1.82, 2.24) is 4.72 Å². The van der Waals surface area contributed by atoms with Crippen LogP contribution in [0.3, 0.4) is 0 Å². The van der Waals surface area contributed by atoms with Gasteiger partial charge in [0.2, 0.25) is 10.0 Å². The van der Waals surface area contributed by atoms with Gasteiger partial charge in [0, 0.05) is 12.1 Å². The largest absolute Gasteiger partial charge is 0.329 e. The highest BCUT2D eigenvalue weighted by Gasteiger charge is 2.32. The van der Waals surface area contributed by atoms with Crippen molar-refractivity contribution in [2.75, 3.05) is 6.54 Å². The summed E-state index contributed by atoms with van der Waals surface area (Å²) in [6.45, 7) is 9.35. The summed E-state index contributed by atoms with van der Waals surface area (Å²) in [5, 5.41) is -0.424. The molecule has 14 heavy (non-hydrogen) atoms. The van der Waals surface area contributed by atoms with Crippen LogP contribution < -0.4 is 10.5 Å². The smallest absolute Gasteiger partial charge is 0.214 e. The number of hydrogen-bond donors (Lipinski definition) is 2. The maximum absolute atomic E-state index is 11.6. The van der Waals surface area contributed by atoms with Gasteiger partial charge in [-0.3, -0.25) is 0 Å². The van der Waals surface area contributed by atoms with Crippen LogP contribution in [0.5, 0.6) is 0 Å². The van der Waals surface area contributed by atoms with E-state index in [1.165, 1.54) is 0 Å². The van der Waals surface area contributed by atoms with Crippen LogP contribution in [0.15, 0.2) is 0 Å². The zero-order valence-corrected chi connectivity index (χ0v) is 10.5. The van der Waals surface area contributed by atoms with E-state index in [-0.39, 0.29) is 5.92 Å². The van der Waals surface area contributed by atoms with Crippen LogP contribution in [-0.4, -0.2) is 25.8 Å². The van der Waals surface area contributed by atoms with E-state index in [2.05, 4.69) is 4.72 Å². The van der Waals surface area contributed by atoms with Gasteiger partial charge in [-0.2, -0.15) is 0 Å². The summed E-state index contributed by atoms with van der Waals surface area (Å²) < 4.78 is 26.0. The van der Waals surface area contributed by atoms with Crippen molar-refractivity contribution in [2.45, 2.75) is 45.4 Å². The van der Waals surface area contributed by atoms with Gasteiger partial charge in [0.25, 0.3) is 0 Å². The molecule has 0 bridgehead atoms. The Bertz CT molecular complexity index is 273. The molecule has 0 saturated heterocycles. The summed E-state index contributed by atoms with van der Waals surface area (Å²) in [5.74, 6) is 0.168. The second kappa shape index (κ2) is 4.59. The van der Waals surface area contributed by atoms with Crippen molar-refractivity contribution in [2.24, 2.45) is 11.7 Å². The Morgan fingerprint density at radius 1 is 1.29 bits per heavy atom. The van der Waals surface area contributed by atoms with Gasteiger partial charge in [0.05, 0.1) is 5.25 Å². The van der Waals surface area contributed by atoms with E-state index in [1.54, 1.807) is 13.8 Å². The van der Waals surface area contributed by atoms with E-state index in [9.17, 15) is 8.42 Å². The van der Waals surface area contributed by atoms with Gasteiger partial charge in [-0.1, -0.05) is 13.8 Å². The molecule has 0 radical (unpaired) electrons. The SMILES string of the molecule is CC(C)C(C)(CN)NS(=O)(=O)C(C)C. The average Bonchev–Trinajstić information content (AvgIpc) is 2.02. The molecule has 4 nitrogen and oxygen atoms in total. The van der Waals surface area contributed by atoms with Gasteiger partial charge in [-0.15, -0.1) is 0 Å². The van der Waals surface area contributed by atoms with Crippen LogP contribution >= 0.6 is 0 Å². The summed E-state index contributed by atoms with van der Waals surface area (Å²) in [7, 11) is -3.24. The first-order valence-electron chi connectivity index (χ1n) is 4.88. The molecule has 0 saturated carbocycles.